The van der Waals surface area contributed by atoms with Gasteiger partial charge in [-0.3, -0.25) is 9.59 Å². The van der Waals surface area contributed by atoms with Gasteiger partial charge in [-0.15, -0.1) is 0 Å². The molecule has 0 rings (SSSR count). The van der Waals surface area contributed by atoms with E-state index < -0.39 is 0 Å². The van der Waals surface area contributed by atoms with Gasteiger partial charge >= 0.3 is 0 Å². The number of nitrogens with one attached hydrogen (secondary N) is 2. The highest BCUT2D eigenvalue weighted by molar-refractivity contribution is 5.76. The fourth-order valence-corrected chi connectivity index (χ4v) is 0.724. The molecule has 0 aliphatic heterocycles. The monoisotopic (exact) mass is 188 g/mol. The lowest BCUT2D eigenvalue weighted by Gasteiger charge is -2.04. The normalized spacial score (nSPS) is 9.38. The summed E-state index contributed by atoms with van der Waals surface area (Å²) in [5.74, 6) is -0.154. The van der Waals surface area contributed by atoms with Crippen molar-refractivity contribution >= 4 is 11.8 Å². The lowest BCUT2D eigenvalue weighted by atomic mass is 10.4. The van der Waals surface area contributed by atoms with Gasteiger partial charge < -0.3 is 15.4 Å². The number of ether oxygens (including phenoxy) is 1. The quantitative estimate of drug-likeness (QED) is 0.540. The average Bonchev–Trinajstić information content (AvgIpc) is 2.08. The number of hydrogen-bond donors (Lipinski definition) is 2. The van der Waals surface area contributed by atoms with Gasteiger partial charge in [-0.05, 0) is 0 Å². The topological polar surface area (TPSA) is 67.4 Å². The zero-order chi connectivity index (χ0) is 10.1. The standard InChI is InChI=1S/C8H16N2O3/c1-7(11)9-4-5-10-8(12)3-6-13-2/h3-6H2,1-2H3,(H,9,11)(H,10,12). The third kappa shape index (κ3) is 8.81. The van der Waals surface area contributed by atoms with Crippen LogP contribution in [0.2, 0.25) is 0 Å². The lowest BCUT2D eigenvalue weighted by molar-refractivity contribution is -0.122. The van der Waals surface area contributed by atoms with Gasteiger partial charge in [-0.25, -0.2) is 0 Å². The number of carbonyl (C=O) groups excluding carboxylic acids is 2. The Kier molecular flexibility index (Phi) is 6.91. The number of amides is 2. The molecule has 0 aromatic rings. The van der Waals surface area contributed by atoms with Crippen molar-refractivity contribution in [2.75, 3.05) is 26.8 Å². The van der Waals surface area contributed by atoms with E-state index in [2.05, 4.69) is 10.6 Å². The summed E-state index contributed by atoms with van der Waals surface area (Å²) in [6.45, 7) is 2.79. The van der Waals surface area contributed by atoms with Crippen molar-refractivity contribution in [2.45, 2.75) is 13.3 Å². The van der Waals surface area contributed by atoms with Crippen molar-refractivity contribution < 1.29 is 14.3 Å². The molecular formula is C8H16N2O3. The van der Waals surface area contributed by atoms with Crippen LogP contribution >= 0.6 is 0 Å². The van der Waals surface area contributed by atoms with Crippen molar-refractivity contribution in [2.24, 2.45) is 0 Å². The largest absolute Gasteiger partial charge is 0.384 e. The molecule has 2 N–H and O–H groups in total. The Hall–Kier alpha value is -1.10. The van der Waals surface area contributed by atoms with Crippen molar-refractivity contribution in [3.63, 3.8) is 0 Å². The Morgan fingerprint density at radius 1 is 1.23 bits per heavy atom. The molecule has 5 nitrogen and oxygen atoms in total. The Labute approximate surface area is 77.8 Å². The Morgan fingerprint density at radius 2 is 1.85 bits per heavy atom. The highest BCUT2D eigenvalue weighted by Crippen LogP contribution is 1.79. The van der Waals surface area contributed by atoms with Gasteiger partial charge in [0.2, 0.25) is 11.8 Å². The van der Waals surface area contributed by atoms with E-state index in [4.69, 9.17) is 4.74 Å². The molecule has 0 aliphatic rings. The van der Waals surface area contributed by atoms with Crippen LogP contribution in [-0.4, -0.2) is 38.6 Å². The van der Waals surface area contributed by atoms with Gasteiger partial charge in [0.1, 0.15) is 0 Å². The summed E-state index contributed by atoms with van der Waals surface area (Å²) < 4.78 is 4.73. The van der Waals surface area contributed by atoms with Gasteiger partial charge in [-0.2, -0.15) is 0 Å². The molecule has 76 valence electrons. The fraction of sp³-hybridized carbons (Fsp3) is 0.750. The fourth-order valence-electron chi connectivity index (χ4n) is 0.724. The van der Waals surface area contributed by atoms with Crippen LogP contribution in [0.4, 0.5) is 0 Å². The molecule has 0 atom stereocenters. The summed E-state index contributed by atoms with van der Waals surface area (Å²) in [6.07, 6.45) is 0.358. The second-order valence-corrected chi connectivity index (χ2v) is 2.58. The maximum Gasteiger partial charge on any atom is 0.222 e. The minimum atomic E-state index is -0.0915. The second-order valence-electron chi connectivity index (χ2n) is 2.58. The van der Waals surface area contributed by atoms with Gasteiger partial charge in [0.25, 0.3) is 0 Å². The van der Waals surface area contributed by atoms with Crippen LogP contribution in [0, 0.1) is 0 Å². The molecular weight excluding hydrogens is 172 g/mol. The van der Waals surface area contributed by atoms with E-state index in [9.17, 15) is 9.59 Å². The van der Waals surface area contributed by atoms with Crippen LogP contribution in [0.5, 0.6) is 0 Å². The summed E-state index contributed by atoms with van der Waals surface area (Å²) >= 11 is 0. The molecule has 0 saturated carbocycles. The number of carbonyl (C=O) groups is 2. The lowest BCUT2D eigenvalue weighted by Crippen LogP contribution is -2.33. The van der Waals surface area contributed by atoms with E-state index >= 15 is 0 Å². The Bertz CT molecular complexity index is 171. The molecule has 0 aromatic carbocycles. The SMILES string of the molecule is COCCC(=O)NCCNC(C)=O. The van der Waals surface area contributed by atoms with Crippen LogP contribution in [0.3, 0.4) is 0 Å². The molecule has 0 unspecified atom stereocenters. The molecule has 0 saturated heterocycles. The van der Waals surface area contributed by atoms with Gasteiger partial charge in [-0.1, -0.05) is 0 Å². The zero-order valence-corrected chi connectivity index (χ0v) is 8.05. The van der Waals surface area contributed by atoms with Crippen molar-refractivity contribution in [3.8, 4) is 0 Å². The summed E-state index contributed by atoms with van der Waals surface area (Å²) in [6, 6.07) is 0. The molecule has 0 bridgehead atoms. The van der Waals surface area contributed by atoms with Crippen LogP contribution < -0.4 is 10.6 Å². The first kappa shape index (κ1) is 11.9. The highest BCUT2D eigenvalue weighted by Gasteiger charge is 1.98. The van der Waals surface area contributed by atoms with Gasteiger partial charge in [0.15, 0.2) is 0 Å². The third-order valence-corrected chi connectivity index (χ3v) is 1.35. The summed E-state index contributed by atoms with van der Waals surface area (Å²) in [4.78, 5) is 21.4. The van der Waals surface area contributed by atoms with Gasteiger partial charge in [0, 0.05) is 33.5 Å². The molecule has 5 heteroatoms. The molecule has 0 heterocycles. The second kappa shape index (κ2) is 7.54. The van der Waals surface area contributed by atoms with Crippen LogP contribution in [-0.2, 0) is 14.3 Å². The maximum atomic E-state index is 10.9. The maximum absolute atomic E-state index is 10.9. The Morgan fingerprint density at radius 3 is 2.38 bits per heavy atom. The van der Waals surface area contributed by atoms with Crippen LogP contribution in [0.1, 0.15) is 13.3 Å². The van der Waals surface area contributed by atoms with Crippen molar-refractivity contribution in [1.82, 2.24) is 10.6 Å². The first-order valence-corrected chi connectivity index (χ1v) is 4.17. The minimum Gasteiger partial charge on any atom is -0.384 e. The predicted molar refractivity (Wildman–Crippen MR) is 48.2 cm³/mol. The molecule has 13 heavy (non-hydrogen) atoms. The first-order chi connectivity index (χ1) is 6.16. The molecule has 0 aliphatic carbocycles. The van der Waals surface area contributed by atoms with Crippen molar-refractivity contribution in [3.05, 3.63) is 0 Å². The first-order valence-electron chi connectivity index (χ1n) is 4.17. The van der Waals surface area contributed by atoms with E-state index in [0.29, 0.717) is 26.1 Å². The van der Waals surface area contributed by atoms with E-state index in [1.54, 1.807) is 7.11 Å². The molecule has 0 spiro atoms. The van der Waals surface area contributed by atoms with E-state index in [1.165, 1.54) is 6.92 Å². The molecule has 0 aromatic heterocycles. The Balaban J connectivity index is 3.22. The molecule has 2 amide bonds. The number of methoxy groups -OCH3 is 1. The van der Waals surface area contributed by atoms with Crippen LogP contribution in [0.15, 0.2) is 0 Å². The summed E-state index contributed by atoms with van der Waals surface area (Å²) in [7, 11) is 1.55. The summed E-state index contributed by atoms with van der Waals surface area (Å²) in [5, 5.41) is 5.21. The summed E-state index contributed by atoms with van der Waals surface area (Å²) in [5.41, 5.74) is 0. The zero-order valence-electron chi connectivity index (χ0n) is 8.05. The average molecular weight is 188 g/mol. The van der Waals surface area contributed by atoms with E-state index in [0.717, 1.165) is 0 Å². The predicted octanol–water partition coefficient (Wildman–Crippen LogP) is -0.725. The number of rotatable bonds is 6. The van der Waals surface area contributed by atoms with Gasteiger partial charge in [0.05, 0.1) is 6.61 Å². The highest BCUT2D eigenvalue weighted by atomic mass is 16.5. The molecule has 0 radical (unpaired) electrons. The third-order valence-electron chi connectivity index (χ3n) is 1.35. The van der Waals surface area contributed by atoms with Crippen molar-refractivity contribution in [1.29, 1.82) is 0 Å². The van der Waals surface area contributed by atoms with Crippen LogP contribution in [0.25, 0.3) is 0 Å². The van der Waals surface area contributed by atoms with E-state index in [1.807, 2.05) is 0 Å². The van der Waals surface area contributed by atoms with E-state index in [-0.39, 0.29) is 11.8 Å². The minimum absolute atomic E-state index is 0.0628. The number of hydrogen-bond acceptors (Lipinski definition) is 3. The molecule has 0 fully saturated rings. The smallest absolute Gasteiger partial charge is 0.222 e.